The molecule has 0 atom stereocenters. The number of methoxy groups -OCH3 is 2. The number of hydrogen-bond donors (Lipinski definition) is 0. The lowest BCUT2D eigenvalue weighted by Crippen LogP contribution is -2.04. The van der Waals surface area contributed by atoms with Gasteiger partial charge in [0, 0.05) is 14.2 Å². The van der Waals surface area contributed by atoms with Crippen molar-refractivity contribution in [2.24, 2.45) is 0 Å². The molecule has 0 aliphatic rings. The third-order valence-corrected chi connectivity index (χ3v) is 3.37. The molecule has 0 saturated carbocycles. The van der Waals surface area contributed by atoms with E-state index in [0.717, 1.165) is 17.9 Å². The molecule has 0 bridgehead atoms. The van der Waals surface area contributed by atoms with E-state index in [1.807, 2.05) is 24.3 Å². The zero-order valence-electron chi connectivity index (χ0n) is 13.8. The standard InChI is InChI=1S/C19H24O4/c1-20-11-13-22-18-7-3-16(4-8-18)15-17-5-9-19(10-6-17)23-14-12-21-2/h3-10H,11-15H2,1-2H3. The van der Waals surface area contributed by atoms with Gasteiger partial charge in [0.15, 0.2) is 0 Å². The summed E-state index contributed by atoms with van der Waals surface area (Å²) in [6, 6.07) is 16.3. The van der Waals surface area contributed by atoms with E-state index in [2.05, 4.69) is 24.3 Å². The molecular weight excluding hydrogens is 292 g/mol. The number of hydrogen-bond acceptors (Lipinski definition) is 4. The van der Waals surface area contributed by atoms with Crippen LogP contribution in [-0.2, 0) is 15.9 Å². The Morgan fingerprint density at radius 1 is 0.565 bits per heavy atom. The molecule has 0 fully saturated rings. The van der Waals surface area contributed by atoms with Crippen molar-refractivity contribution in [3.63, 3.8) is 0 Å². The summed E-state index contributed by atoms with van der Waals surface area (Å²) >= 11 is 0. The van der Waals surface area contributed by atoms with Crippen molar-refractivity contribution in [3.8, 4) is 11.5 Å². The fourth-order valence-electron chi connectivity index (χ4n) is 2.13. The molecule has 0 heterocycles. The third kappa shape index (κ3) is 6.30. The Kier molecular flexibility index (Phi) is 7.43. The normalized spacial score (nSPS) is 10.5. The van der Waals surface area contributed by atoms with Gasteiger partial charge in [-0.3, -0.25) is 0 Å². The molecule has 0 spiro atoms. The molecule has 4 nitrogen and oxygen atoms in total. The number of ether oxygens (including phenoxy) is 4. The molecule has 2 aromatic carbocycles. The van der Waals surface area contributed by atoms with Crippen molar-refractivity contribution in [3.05, 3.63) is 59.7 Å². The lowest BCUT2D eigenvalue weighted by atomic mass is 10.0. The zero-order chi connectivity index (χ0) is 16.3. The second-order valence-corrected chi connectivity index (χ2v) is 5.15. The van der Waals surface area contributed by atoms with Crippen LogP contribution in [0.4, 0.5) is 0 Å². The van der Waals surface area contributed by atoms with Crippen molar-refractivity contribution in [1.29, 1.82) is 0 Å². The molecule has 0 amide bonds. The highest BCUT2D eigenvalue weighted by atomic mass is 16.5. The molecule has 0 unspecified atom stereocenters. The van der Waals surface area contributed by atoms with E-state index in [0.29, 0.717) is 26.4 Å². The lowest BCUT2D eigenvalue weighted by Gasteiger charge is -2.08. The molecule has 2 rings (SSSR count). The van der Waals surface area contributed by atoms with E-state index >= 15 is 0 Å². The van der Waals surface area contributed by atoms with Crippen molar-refractivity contribution in [2.75, 3.05) is 40.6 Å². The van der Waals surface area contributed by atoms with Gasteiger partial charge in [0.1, 0.15) is 24.7 Å². The first kappa shape index (κ1) is 17.3. The largest absolute Gasteiger partial charge is 0.491 e. The summed E-state index contributed by atoms with van der Waals surface area (Å²) in [6.07, 6.45) is 0.886. The maximum Gasteiger partial charge on any atom is 0.119 e. The Hall–Kier alpha value is -2.04. The van der Waals surface area contributed by atoms with Crippen LogP contribution in [0.5, 0.6) is 11.5 Å². The summed E-state index contributed by atoms with van der Waals surface area (Å²) < 4.78 is 21.1. The maximum absolute atomic E-state index is 5.56. The second-order valence-electron chi connectivity index (χ2n) is 5.15. The van der Waals surface area contributed by atoms with Crippen LogP contribution < -0.4 is 9.47 Å². The highest BCUT2D eigenvalue weighted by Gasteiger charge is 2.00. The summed E-state index contributed by atoms with van der Waals surface area (Å²) in [5, 5.41) is 0. The Morgan fingerprint density at radius 2 is 0.957 bits per heavy atom. The first-order chi connectivity index (χ1) is 11.3. The minimum atomic E-state index is 0.570. The van der Waals surface area contributed by atoms with Crippen molar-refractivity contribution in [2.45, 2.75) is 6.42 Å². The first-order valence-corrected chi connectivity index (χ1v) is 7.73. The van der Waals surface area contributed by atoms with Gasteiger partial charge in [-0.25, -0.2) is 0 Å². The van der Waals surface area contributed by atoms with Crippen LogP contribution in [-0.4, -0.2) is 40.6 Å². The zero-order valence-corrected chi connectivity index (χ0v) is 13.8. The summed E-state index contributed by atoms with van der Waals surface area (Å²) in [5.41, 5.74) is 2.49. The topological polar surface area (TPSA) is 36.9 Å². The Bertz CT molecular complexity index is 497. The SMILES string of the molecule is COCCOc1ccc(Cc2ccc(OCCOC)cc2)cc1. The monoisotopic (exact) mass is 316 g/mol. The fourth-order valence-corrected chi connectivity index (χ4v) is 2.13. The summed E-state index contributed by atoms with van der Waals surface area (Å²) in [5.74, 6) is 1.74. The van der Waals surface area contributed by atoms with E-state index in [-0.39, 0.29) is 0 Å². The minimum absolute atomic E-state index is 0.570. The molecule has 0 aromatic heterocycles. The summed E-state index contributed by atoms with van der Waals surface area (Å²) in [4.78, 5) is 0. The quantitative estimate of drug-likeness (QED) is 0.630. The Labute approximate surface area is 137 Å². The molecular formula is C19H24O4. The lowest BCUT2D eigenvalue weighted by molar-refractivity contribution is 0.146. The predicted octanol–water partition coefficient (Wildman–Crippen LogP) is 3.33. The minimum Gasteiger partial charge on any atom is -0.491 e. The van der Waals surface area contributed by atoms with Gasteiger partial charge in [-0.15, -0.1) is 0 Å². The van der Waals surface area contributed by atoms with E-state index in [1.165, 1.54) is 11.1 Å². The Balaban J connectivity index is 1.84. The van der Waals surface area contributed by atoms with E-state index in [1.54, 1.807) is 14.2 Å². The van der Waals surface area contributed by atoms with Crippen LogP contribution in [0.1, 0.15) is 11.1 Å². The molecule has 124 valence electrons. The van der Waals surface area contributed by atoms with Crippen LogP contribution in [0.25, 0.3) is 0 Å². The predicted molar refractivity (Wildman–Crippen MR) is 90.4 cm³/mol. The van der Waals surface area contributed by atoms with Gasteiger partial charge >= 0.3 is 0 Å². The highest BCUT2D eigenvalue weighted by molar-refractivity contribution is 5.34. The molecule has 0 aliphatic carbocycles. The van der Waals surface area contributed by atoms with E-state index in [9.17, 15) is 0 Å². The second kappa shape index (κ2) is 9.87. The first-order valence-electron chi connectivity index (χ1n) is 7.73. The van der Waals surface area contributed by atoms with Gasteiger partial charge in [0.05, 0.1) is 13.2 Å². The van der Waals surface area contributed by atoms with E-state index < -0.39 is 0 Å². The Morgan fingerprint density at radius 3 is 1.30 bits per heavy atom. The van der Waals surface area contributed by atoms with Crippen LogP contribution in [0, 0.1) is 0 Å². The number of benzene rings is 2. The van der Waals surface area contributed by atoms with Crippen LogP contribution in [0.3, 0.4) is 0 Å². The van der Waals surface area contributed by atoms with Crippen LogP contribution in [0.2, 0.25) is 0 Å². The average molecular weight is 316 g/mol. The molecule has 2 aromatic rings. The highest BCUT2D eigenvalue weighted by Crippen LogP contribution is 2.18. The van der Waals surface area contributed by atoms with E-state index in [4.69, 9.17) is 18.9 Å². The molecule has 4 heteroatoms. The van der Waals surface area contributed by atoms with Crippen molar-refractivity contribution < 1.29 is 18.9 Å². The average Bonchev–Trinajstić information content (AvgIpc) is 2.58. The smallest absolute Gasteiger partial charge is 0.119 e. The summed E-state index contributed by atoms with van der Waals surface area (Å²) in [6.45, 7) is 2.34. The van der Waals surface area contributed by atoms with Gasteiger partial charge in [-0.2, -0.15) is 0 Å². The van der Waals surface area contributed by atoms with Gasteiger partial charge in [0.25, 0.3) is 0 Å². The van der Waals surface area contributed by atoms with Crippen molar-refractivity contribution in [1.82, 2.24) is 0 Å². The van der Waals surface area contributed by atoms with Crippen LogP contribution >= 0.6 is 0 Å². The van der Waals surface area contributed by atoms with Gasteiger partial charge in [0.2, 0.25) is 0 Å². The fraction of sp³-hybridized carbons (Fsp3) is 0.368. The van der Waals surface area contributed by atoms with Crippen molar-refractivity contribution >= 4 is 0 Å². The van der Waals surface area contributed by atoms with Gasteiger partial charge in [-0.05, 0) is 41.8 Å². The molecule has 23 heavy (non-hydrogen) atoms. The van der Waals surface area contributed by atoms with Gasteiger partial charge < -0.3 is 18.9 Å². The summed E-state index contributed by atoms with van der Waals surface area (Å²) in [7, 11) is 3.33. The van der Waals surface area contributed by atoms with Crippen LogP contribution in [0.15, 0.2) is 48.5 Å². The molecule has 0 N–H and O–H groups in total. The third-order valence-electron chi connectivity index (χ3n) is 3.37. The number of rotatable bonds is 10. The molecule has 0 aliphatic heterocycles. The van der Waals surface area contributed by atoms with Gasteiger partial charge in [-0.1, -0.05) is 24.3 Å². The maximum atomic E-state index is 5.56. The molecule has 0 radical (unpaired) electrons. The molecule has 0 saturated heterocycles.